The number of hydrogen-bond donors (Lipinski definition) is 5. The Bertz CT molecular complexity index is 5100. The van der Waals surface area contributed by atoms with Crippen LogP contribution in [0.1, 0.15) is 287 Å². The van der Waals surface area contributed by atoms with Crippen molar-refractivity contribution in [2.75, 3.05) is 32.4 Å². The number of amides is 4. The van der Waals surface area contributed by atoms with E-state index in [2.05, 4.69) is 67.9 Å². The molecule has 11 rings (SSSR count). The SMILES string of the molecule is CC(C)(C)OC(=O)N1C[C@@H](CCC(O)c2ccccc2)CC1(C)C.CC(C)(C)OC(=O)N1C[C@@H](CCC(OS(C)(=O)=O)c2ccccc2)CC1(C)C.CC(C)(C)OC(=O)N1C[C@@H](CCC(c2ccccc2)n2ccc(S(N)(=O)=O)n2)CC1(C)C.CC(C)(C)OC(=O)N1C[C@@H](CCC=O)CC1(C)C.CC(C)(C)c1ccc(C(=O)O)c(Cl)n1.NS(=O)(=O)c1ccn[nH]1.[Br-].[Mg+2].[c-]1ccccc1. The summed E-state index contributed by atoms with van der Waals surface area (Å²) in [6.45, 7) is 47.6. The third kappa shape index (κ3) is 42.2. The molecule has 7 N–H and O–H groups in total. The number of aromatic amines is 1. The summed E-state index contributed by atoms with van der Waals surface area (Å²) < 4.78 is 96.7. The number of carbonyl (C=O) groups is 6. The maximum atomic E-state index is 12.7. The van der Waals surface area contributed by atoms with Crippen LogP contribution in [0.2, 0.25) is 5.15 Å². The summed E-state index contributed by atoms with van der Waals surface area (Å²) in [7, 11) is -11.0. The third-order valence-electron chi connectivity index (χ3n) is 21.8. The molecule has 7 aromatic rings. The Morgan fingerprint density at radius 3 is 1.20 bits per heavy atom. The zero-order valence-corrected chi connectivity index (χ0v) is 88.4. The molecule has 0 aliphatic carbocycles. The number of halogens is 2. The molecule has 4 saturated heterocycles. The molecule has 4 aliphatic rings. The molecule has 4 aliphatic heterocycles. The Kier molecular flexibility index (Phi) is 45.5. The second-order valence-electron chi connectivity index (χ2n) is 41.2. The van der Waals surface area contributed by atoms with E-state index in [9.17, 15) is 59.1 Å². The molecular formula is C97H145BrClMgN11O19S3. The van der Waals surface area contributed by atoms with Crippen molar-refractivity contribution in [2.45, 2.75) is 315 Å². The molecule has 7 heterocycles. The molecule has 0 saturated carbocycles. The number of primary sulfonamides is 2. The summed E-state index contributed by atoms with van der Waals surface area (Å²) in [5.74, 6) is 0.306. The van der Waals surface area contributed by atoms with Gasteiger partial charge in [-0.3, -0.25) is 14.0 Å². The van der Waals surface area contributed by atoms with Gasteiger partial charge in [-0.05, 0) is 274 Å². The number of aromatic carboxylic acids is 1. The van der Waals surface area contributed by atoms with Crippen LogP contribution in [0.15, 0.2) is 168 Å². The molecule has 0 bridgehead atoms. The van der Waals surface area contributed by atoms with Crippen molar-refractivity contribution in [3.8, 4) is 0 Å². The molecule has 30 nitrogen and oxygen atoms in total. The van der Waals surface area contributed by atoms with Crippen molar-refractivity contribution in [2.24, 2.45) is 33.9 Å². The Labute approximate surface area is 822 Å². The summed E-state index contributed by atoms with van der Waals surface area (Å²) in [4.78, 5) is 82.2. The fourth-order valence-corrected chi connectivity index (χ4v) is 17.6. The molecule has 4 aromatic carbocycles. The van der Waals surface area contributed by atoms with Crippen LogP contribution in [0.4, 0.5) is 19.2 Å². The number of likely N-dealkylation sites (tertiary alicyclic amines) is 4. The van der Waals surface area contributed by atoms with Gasteiger partial charge in [-0.1, -0.05) is 123 Å². The van der Waals surface area contributed by atoms with Crippen molar-refractivity contribution >= 4 is 101 Å². The normalized spacial score (nSPS) is 18.5. The molecule has 3 aromatic heterocycles. The third-order valence-corrected chi connectivity index (χ3v) is 24.3. The number of ether oxygens (including phenoxy) is 4. The smallest absolute Gasteiger partial charge is 1.00 e. The van der Waals surface area contributed by atoms with Gasteiger partial charge in [-0.25, -0.2) is 56.1 Å². The van der Waals surface area contributed by atoms with Gasteiger partial charge >= 0.3 is 53.4 Å². The number of pyridine rings is 1. The van der Waals surface area contributed by atoms with Crippen molar-refractivity contribution in [3.63, 3.8) is 0 Å². The first-order valence-corrected chi connectivity index (χ1v) is 49.6. The van der Waals surface area contributed by atoms with Gasteiger partial charge in [0.05, 0.1) is 30.2 Å². The maximum absolute atomic E-state index is 12.7. The van der Waals surface area contributed by atoms with Crippen LogP contribution in [0.25, 0.3) is 0 Å². The number of carbonyl (C=O) groups excluding carboxylic acids is 5. The Morgan fingerprint density at radius 1 is 0.526 bits per heavy atom. The quantitative estimate of drug-likeness (QED) is 0.0111. The zero-order valence-electron chi connectivity index (χ0n) is 82.2. The first-order chi connectivity index (χ1) is 60.2. The van der Waals surface area contributed by atoms with E-state index in [1.807, 2.05) is 249 Å². The maximum Gasteiger partial charge on any atom is 2.00 e. The van der Waals surface area contributed by atoms with Gasteiger partial charge in [-0.15, -0.1) is 0 Å². The van der Waals surface area contributed by atoms with Crippen LogP contribution in [0.5, 0.6) is 0 Å². The zero-order chi connectivity index (χ0) is 98.9. The minimum absolute atomic E-state index is 0. The average Bonchev–Trinajstić information content (AvgIpc) is 1.67. The Morgan fingerprint density at radius 2 is 0.895 bits per heavy atom. The van der Waals surface area contributed by atoms with E-state index in [0.717, 1.165) is 92.7 Å². The number of sulfonamides is 2. The van der Waals surface area contributed by atoms with Crippen LogP contribution < -0.4 is 27.3 Å². The first kappa shape index (κ1) is 119. The predicted octanol–water partition coefficient (Wildman–Crippen LogP) is 15.9. The molecule has 36 heteroatoms. The number of benzene rings is 4. The van der Waals surface area contributed by atoms with Gasteiger partial charge < -0.3 is 70.5 Å². The molecule has 0 spiro atoms. The van der Waals surface area contributed by atoms with Gasteiger partial charge in [-0.2, -0.15) is 55.0 Å². The van der Waals surface area contributed by atoms with Gasteiger partial charge in [0.15, 0.2) is 10.1 Å². The van der Waals surface area contributed by atoms with E-state index in [0.29, 0.717) is 63.2 Å². The summed E-state index contributed by atoms with van der Waals surface area (Å²) in [5, 5.41) is 38.7. The van der Waals surface area contributed by atoms with Crippen LogP contribution in [-0.4, -0.2) is 217 Å². The number of aromatic nitrogens is 5. The van der Waals surface area contributed by atoms with Crippen molar-refractivity contribution in [3.05, 3.63) is 197 Å². The number of rotatable bonds is 21. The number of carboxylic acids is 1. The number of nitrogens with two attached hydrogens (primary N) is 2. The standard InChI is InChI=1S/C23H34N4O4S.C21H33NO5S.C20H31NO3.C14H25NO3.C10H12ClNO2.C6H5.C3H5N3O2S.BrH.Mg/c1-22(2,3)31-21(28)26-16-17(15-23(26,4)5)11-12-19(18-9-7-6-8-10-18)27-14-13-20(25-27)32(24,29)30;1-20(2,3)26-19(23)22-15-16(14-21(22,4)5)12-13-18(27-28(6,24)25)17-10-8-7-9-11-17;1-19(2,3)24-18(23)21-14-15(13-20(21,4)5)11-12-17(22)16-9-7-6-8-10-16;1-13(2,3)18-12(17)15-10-11(7-6-8-16)9-14(15,4)5;1-10(2,3)7-5-4-6(9(13)14)8(11)12-7;1-2-4-6-5-3-1;4-9(7,8)3-1-2-5-6-3;;/h6-10,13-14,17,19H,11-12,15-16H2,1-5H3,(H2,24,29,30);7-11,16,18H,12-15H2,1-6H3;6-10,15,17,22H,11-14H2,1-5H3;8,11H,6-7,9-10H2,1-5H3;4-5H,1-3H3,(H,13,14);1-5H;1-2H,(H,5,6)(H2,4,7,8);1H;/q;;;;;-1;;;+2/p-1/t17-,19?;16-,18?;15-,17?;11-;;;;;/m0000...../s1. The van der Waals surface area contributed by atoms with Gasteiger partial charge in [0, 0.05) is 72.1 Å². The van der Waals surface area contributed by atoms with E-state index in [-0.39, 0.29) is 125 Å². The predicted molar refractivity (Wildman–Crippen MR) is 514 cm³/mol. The number of aliphatic hydroxyl groups is 1. The second-order valence-corrected chi connectivity index (χ2v) is 46.2. The monoisotopic (exact) mass is 2000 g/mol. The largest absolute Gasteiger partial charge is 2.00 e. The summed E-state index contributed by atoms with van der Waals surface area (Å²) in [6, 6.07) is 47.3. The molecule has 736 valence electrons. The molecule has 7 atom stereocenters. The van der Waals surface area contributed by atoms with Crippen molar-refractivity contribution in [1.29, 1.82) is 0 Å². The Balaban J connectivity index is 0.000000417. The number of nitrogens with one attached hydrogen (secondary N) is 1. The second kappa shape index (κ2) is 50.8. The van der Waals surface area contributed by atoms with E-state index < -0.39 is 70.7 Å². The van der Waals surface area contributed by atoms with Crippen molar-refractivity contribution in [1.82, 2.24) is 44.6 Å². The number of carboxylic acid groups (broad SMARTS) is 1. The number of nitrogens with zero attached hydrogens (tertiary/aromatic N) is 8. The van der Waals surface area contributed by atoms with Gasteiger partial charge in [0.2, 0.25) is 0 Å². The van der Waals surface area contributed by atoms with E-state index in [4.69, 9.17) is 50.1 Å². The van der Waals surface area contributed by atoms with Crippen molar-refractivity contribution < 1.29 is 104 Å². The summed E-state index contributed by atoms with van der Waals surface area (Å²) >= 11 is 5.74. The number of aldehydes is 1. The van der Waals surface area contributed by atoms with E-state index >= 15 is 0 Å². The molecular weight excluding hydrogens is 1860 g/mol. The van der Waals surface area contributed by atoms with Gasteiger partial charge in [0.1, 0.15) is 39.9 Å². The summed E-state index contributed by atoms with van der Waals surface area (Å²) in [6.07, 6.45) is 12.5. The van der Waals surface area contributed by atoms with Crippen LogP contribution in [0, 0.1) is 29.7 Å². The molecule has 4 fully saturated rings. The topological polar surface area (TPSA) is 416 Å². The van der Waals surface area contributed by atoms with E-state index in [1.165, 1.54) is 24.4 Å². The summed E-state index contributed by atoms with van der Waals surface area (Å²) in [5.41, 5.74) is 0.550. The Hall–Kier alpha value is -8.10. The number of H-pyrrole nitrogens is 1. The van der Waals surface area contributed by atoms with Crippen LogP contribution >= 0.6 is 11.6 Å². The molecule has 0 radical (unpaired) electrons. The molecule has 133 heavy (non-hydrogen) atoms. The number of hydrogen-bond acceptors (Lipinski definition) is 21. The molecule has 4 amide bonds. The minimum atomic E-state index is -3.87. The number of aliphatic hydroxyl groups excluding tert-OH is 1. The minimum Gasteiger partial charge on any atom is -1.00 e. The fourth-order valence-electron chi connectivity index (χ4n) is 15.9. The average molecular weight is 2010 g/mol. The fraction of sp³-hybridized carbons (Fsp3) is 0.577. The van der Waals surface area contributed by atoms with Crippen LogP contribution in [-0.2, 0) is 63.5 Å². The van der Waals surface area contributed by atoms with E-state index in [1.54, 1.807) is 26.7 Å². The molecule has 3 unspecified atom stereocenters. The first-order valence-electron chi connectivity index (χ1n) is 44.3. The van der Waals surface area contributed by atoms with Gasteiger partial charge in [0.25, 0.3) is 30.2 Å². The van der Waals surface area contributed by atoms with Crippen LogP contribution in [0.3, 0.4) is 0 Å².